The van der Waals surface area contributed by atoms with Crippen LogP contribution in [0.2, 0.25) is 0 Å². The SMILES string of the molecule is C/C=C/C(=O)c1ccccc1SNS(=O)(=O)c1ccc(C)cc1. The lowest BCUT2D eigenvalue weighted by Gasteiger charge is -2.09. The lowest BCUT2D eigenvalue weighted by atomic mass is 10.1. The molecule has 0 aliphatic heterocycles. The van der Waals surface area contributed by atoms with Crippen LogP contribution in [0.5, 0.6) is 0 Å². The molecule has 23 heavy (non-hydrogen) atoms. The third kappa shape index (κ3) is 4.54. The Hall–Kier alpha value is -1.89. The fraction of sp³-hybridized carbons (Fsp3) is 0.118. The van der Waals surface area contributed by atoms with Gasteiger partial charge < -0.3 is 0 Å². The second kappa shape index (κ2) is 7.59. The van der Waals surface area contributed by atoms with Crippen LogP contribution in [0.4, 0.5) is 0 Å². The van der Waals surface area contributed by atoms with Crippen LogP contribution in [-0.2, 0) is 10.0 Å². The van der Waals surface area contributed by atoms with E-state index in [0.29, 0.717) is 10.5 Å². The highest BCUT2D eigenvalue weighted by molar-refractivity contribution is 8.09. The Bertz CT molecular complexity index is 825. The maximum atomic E-state index is 12.3. The molecule has 2 aromatic carbocycles. The topological polar surface area (TPSA) is 63.2 Å². The number of carbonyl (C=O) groups is 1. The van der Waals surface area contributed by atoms with Gasteiger partial charge in [0, 0.05) is 10.5 Å². The number of allylic oxidation sites excluding steroid dienone is 2. The average Bonchev–Trinajstić information content (AvgIpc) is 2.54. The van der Waals surface area contributed by atoms with Crippen LogP contribution in [0.15, 0.2) is 70.5 Å². The van der Waals surface area contributed by atoms with Crippen LogP contribution in [0, 0.1) is 6.92 Å². The molecule has 0 unspecified atom stereocenters. The van der Waals surface area contributed by atoms with E-state index in [-0.39, 0.29) is 10.7 Å². The van der Waals surface area contributed by atoms with E-state index < -0.39 is 10.0 Å². The Morgan fingerprint density at radius 3 is 2.39 bits per heavy atom. The first-order valence-corrected chi connectivity index (χ1v) is 9.25. The molecule has 0 saturated heterocycles. The van der Waals surface area contributed by atoms with Crippen molar-refractivity contribution in [1.29, 1.82) is 0 Å². The molecule has 0 atom stereocenters. The molecule has 0 fully saturated rings. The largest absolute Gasteiger partial charge is 0.289 e. The number of hydrogen-bond donors (Lipinski definition) is 1. The second-order valence-corrected chi connectivity index (χ2v) is 7.65. The summed E-state index contributed by atoms with van der Waals surface area (Å²) >= 11 is 0.915. The third-order valence-electron chi connectivity index (χ3n) is 3.06. The van der Waals surface area contributed by atoms with Crippen LogP contribution in [0.3, 0.4) is 0 Å². The molecule has 120 valence electrons. The first kappa shape index (κ1) is 17.5. The summed E-state index contributed by atoms with van der Waals surface area (Å²) in [6.07, 6.45) is 3.11. The fourth-order valence-corrected chi connectivity index (χ4v) is 3.97. The average molecular weight is 347 g/mol. The van der Waals surface area contributed by atoms with E-state index in [2.05, 4.69) is 4.13 Å². The molecule has 0 aliphatic rings. The summed E-state index contributed by atoms with van der Waals surface area (Å²) in [5.74, 6) is -0.162. The molecule has 0 heterocycles. The third-order valence-corrected chi connectivity index (χ3v) is 5.74. The first-order chi connectivity index (χ1) is 10.9. The molecule has 6 heteroatoms. The summed E-state index contributed by atoms with van der Waals surface area (Å²) in [4.78, 5) is 12.8. The minimum absolute atomic E-state index is 0.162. The molecule has 0 aromatic heterocycles. The van der Waals surface area contributed by atoms with Gasteiger partial charge in [0.05, 0.1) is 4.90 Å². The second-order valence-electron chi connectivity index (χ2n) is 4.86. The van der Waals surface area contributed by atoms with Gasteiger partial charge in [-0.2, -0.15) is 0 Å². The van der Waals surface area contributed by atoms with Crippen molar-refractivity contribution in [2.24, 2.45) is 0 Å². The number of carbonyl (C=O) groups excluding carboxylic acids is 1. The van der Waals surface area contributed by atoms with Gasteiger partial charge in [-0.1, -0.05) is 35.9 Å². The number of rotatable bonds is 6. The van der Waals surface area contributed by atoms with E-state index in [1.807, 2.05) is 6.92 Å². The maximum Gasteiger partial charge on any atom is 0.250 e. The van der Waals surface area contributed by atoms with Crippen LogP contribution in [-0.4, -0.2) is 14.2 Å². The summed E-state index contributed by atoms with van der Waals surface area (Å²) in [6, 6.07) is 13.5. The zero-order valence-electron chi connectivity index (χ0n) is 12.8. The van der Waals surface area contributed by atoms with Crippen LogP contribution in [0.1, 0.15) is 22.8 Å². The molecule has 0 amide bonds. The molecule has 2 aromatic rings. The van der Waals surface area contributed by atoms with Gasteiger partial charge in [-0.25, -0.2) is 8.42 Å². The summed E-state index contributed by atoms with van der Waals surface area (Å²) in [5, 5.41) is 0. The maximum absolute atomic E-state index is 12.3. The Morgan fingerprint density at radius 2 is 1.74 bits per heavy atom. The fourth-order valence-electron chi connectivity index (χ4n) is 1.87. The number of hydrogen-bond acceptors (Lipinski definition) is 4. The summed E-state index contributed by atoms with van der Waals surface area (Å²) < 4.78 is 27.0. The summed E-state index contributed by atoms with van der Waals surface area (Å²) in [6.45, 7) is 3.65. The van der Waals surface area contributed by atoms with Gasteiger partial charge in [0.25, 0.3) is 0 Å². The minimum Gasteiger partial charge on any atom is -0.289 e. The van der Waals surface area contributed by atoms with Crippen molar-refractivity contribution in [2.45, 2.75) is 23.6 Å². The van der Waals surface area contributed by atoms with Crippen LogP contribution >= 0.6 is 11.9 Å². The minimum atomic E-state index is -3.65. The standard InChI is InChI=1S/C17H17NO3S2/c1-3-6-16(19)15-7-4-5-8-17(15)22-18-23(20,21)14-11-9-13(2)10-12-14/h3-12,18H,1-2H3/b6-3+. The van der Waals surface area contributed by atoms with Gasteiger partial charge in [-0.05, 0) is 56.1 Å². The van der Waals surface area contributed by atoms with E-state index in [0.717, 1.165) is 17.5 Å². The molecule has 0 aliphatic carbocycles. The predicted molar refractivity (Wildman–Crippen MR) is 92.9 cm³/mol. The van der Waals surface area contributed by atoms with Crippen LogP contribution < -0.4 is 4.13 Å². The van der Waals surface area contributed by atoms with E-state index in [1.165, 1.54) is 6.08 Å². The van der Waals surface area contributed by atoms with Crippen molar-refractivity contribution in [3.63, 3.8) is 0 Å². The Morgan fingerprint density at radius 1 is 1.09 bits per heavy atom. The Labute approximate surface area is 140 Å². The summed E-state index contributed by atoms with van der Waals surface area (Å²) in [7, 11) is -3.65. The van der Waals surface area contributed by atoms with E-state index in [4.69, 9.17) is 0 Å². The van der Waals surface area contributed by atoms with Crippen LogP contribution in [0.25, 0.3) is 0 Å². The molecule has 0 bridgehead atoms. The number of ketones is 1. The van der Waals surface area contributed by atoms with Gasteiger partial charge in [0.2, 0.25) is 10.0 Å². The summed E-state index contributed by atoms with van der Waals surface area (Å²) in [5.41, 5.74) is 1.45. The van der Waals surface area contributed by atoms with Crippen molar-refractivity contribution in [1.82, 2.24) is 4.13 Å². The predicted octanol–water partition coefficient (Wildman–Crippen LogP) is 3.74. The highest BCUT2D eigenvalue weighted by atomic mass is 32.3. The molecule has 2 rings (SSSR count). The van der Waals surface area contributed by atoms with E-state index in [1.54, 1.807) is 61.5 Å². The van der Waals surface area contributed by atoms with Gasteiger partial charge in [-0.15, -0.1) is 4.13 Å². The van der Waals surface area contributed by atoms with Crippen molar-refractivity contribution < 1.29 is 13.2 Å². The number of nitrogens with one attached hydrogen (secondary N) is 1. The molecule has 0 spiro atoms. The quantitative estimate of drug-likeness (QED) is 0.491. The normalized spacial score (nSPS) is 11.7. The number of aryl methyl sites for hydroxylation is 1. The van der Waals surface area contributed by atoms with E-state index in [9.17, 15) is 13.2 Å². The van der Waals surface area contributed by atoms with Gasteiger partial charge in [-0.3, -0.25) is 4.79 Å². The van der Waals surface area contributed by atoms with Gasteiger partial charge in [0.1, 0.15) is 0 Å². The number of sulfonamides is 1. The lowest BCUT2D eigenvalue weighted by molar-refractivity contribution is 0.104. The molecular formula is C17H17NO3S2. The molecule has 0 saturated carbocycles. The van der Waals surface area contributed by atoms with Crippen molar-refractivity contribution in [3.05, 3.63) is 71.8 Å². The lowest BCUT2D eigenvalue weighted by Crippen LogP contribution is -2.17. The molecule has 1 N–H and O–H groups in total. The molecular weight excluding hydrogens is 330 g/mol. The van der Waals surface area contributed by atoms with Crippen molar-refractivity contribution in [2.75, 3.05) is 0 Å². The molecule has 0 radical (unpaired) electrons. The zero-order chi connectivity index (χ0) is 16.9. The highest BCUT2D eigenvalue weighted by Crippen LogP contribution is 2.23. The zero-order valence-corrected chi connectivity index (χ0v) is 14.4. The first-order valence-electron chi connectivity index (χ1n) is 6.95. The van der Waals surface area contributed by atoms with Crippen molar-refractivity contribution >= 4 is 27.8 Å². The smallest absolute Gasteiger partial charge is 0.250 e. The number of benzene rings is 2. The Kier molecular flexibility index (Phi) is 5.76. The Balaban J connectivity index is 2.21. The highest BCUT2D eigenvalue weighted by Gasteiger charge is 2.16. The van der Waals surface area contributed by atoms with E-state index >= 15 is 0 Å². The molecule has 4 nitrogen and oxygen atoms in total. The van der Waals surface area contributed by atoms with Crippen molar-refractivity contribution in [3.8, 4) is 0 Å². The van der Waals surface area contributed by atoms with Gasteiger partial charge >= 0.3 is 0 Å². The monoisotopic (exact) mass is 347 g/mol. The van der Waals surface area contributed by atoms with Gasteiger partial charge in [0.15, 0.2) is 5.78 Å².